The predicted molar refractivity (Wildman–Crippen MR) is 124 cm³/mol. The molecule has 0 saturated carbocycles. The van der Waals surface area contributed by atoms with Gasteiger partial charge in [0.2, 0.25) is 11.9 Å². The van der Waals surface area contributed by atoms with Crippen molar-refractivity contribution >= 4 is 34.4 Å². The van der Waals surface area contributed by atoms with Crippen molar-refractivity contribution in [1.82, 2.24) is 19.5 Å². The first-order valence-corrected chi connectivity index (χ1v) is 9.91. The molecule has 0 unspecified atom stereocenters. The zero-order chi connectivity index (χ0) is 21.8. The Labute approximate surface area is 186 Å². The lowest BCUT2D eigenvalue weighted by atomic mass is 10.2. The molecule has 8 nitrogen and oxygen atoms in total. The monoisotopic (exact) mass is 438 g/mol. The van der Waals surface area contributed by atoms with Crippen molar-refractivity contribution in [3.8, 4) is 5.75 Å². The van der Waals surface area contributed by atoms with E-state index in [0.717, 1.165) is 11.4 Å². The molecule has 9 heteroatoms. The highest BCUT2D eigenvalue weighted by molar-refractivity contribution is 5.77. The van der Waals surface area contributed by atoms with E-state index in [0.29, 0.717) is 29.5 Å². The van der Waals surface area contributed by atoms with Gasteiger partial charge in [-0.25, -0.2) is 14.4 Å². The number of methoxy groups -OCH3 is 1. The van der Waals surface area contributed by atoms with E-state index in [1.165, 1.54) is 6.07 Å². The Kier molecular flexibility index (Phi) is 7.21. The van der Waals surface area contributed by atoms with E-state index in [-0.39, 0.29) is 25.8 Å². The number of nitrogens with zero attached hydrogens (tertiary/aromatic N) is 4. The van der Waals surface area contributed by atoms with E-state index in [1.807, 2.05) is 31.2 Å². The topological polar surface area (TPSA) is 97.1 Å². The second-order valence-corrected chi connectivity index (χ2v) is 6.91. The number of imidazole rings is 1. The summed E-state index contributed by atoms with van der Waals surface area (Å²) < 4.78 is 21.1. The smallest absolute Gasteiger partial charge is 0.229 e. The van der Waals surface area contributed by atoms with Gasteiger partial charge in [-0.3, -0.25) is 4.57 Å². The molecule has 2 heterocycles. The molecule has 0 amide bonds. The van der Waals surface area contributed by atoms with Gasteiger partial charge >= 0.3 is 0 Å². The van der Waals surface area contributed by atoms with Crippen molar-refractivity contribution in [2.75, 3.05) is 24.4 Å². The molecule has 2 aromatic heterocycles. The standard InChI is InChI=1S/C22H23FN6O2.CH4/c1-3-15(13-30)29-20-19(27-22(29)26-18-7-5-4-6-17(18)23)12-24-21(28-20)25-14-8-10-16(31-2)11-9-14;/h4-12,15,30H,3,13H2,1-2H3,(H,26,27)(H,24,25,28);1H4/t15-;/m1./s1. The fraction of sp³-hybridized carbons (Fsp3) is 0.261. The lowest BCUT2D eigenvalue weighted by molar-refractivity contribution is 0.228. The first kappa shape index (κ1) is 23.0. The van der Waals surface area contributed by atoms with Gasteiger partial charge in [0.05, 0.1) is 31.6 Å². The van der Waals surface area contributed by atoms with Crippen LogP contribution in [0.4, 0.5) is 27.7 Å². The summed E-state index contributed by atoms with van der Waals surface area (Å²) in [6.45, 7) is 1.84. The van der Waals surface area contributed by atoms with Crippen LogP contribution in [-0.2, 0) is 0 Å². The summed E-state index contributed by atoms with van der Waals surface area (Å²) in [5.74, 6) is 1.12. The molecule has 0 aliphatic carbocycles. The van der Waals surface area contributed by atoms with Gasteiger partial charge in [0.1, 0.15) is 17.1 Å². The maximum atomic E-state index is 14.2. The van der Waals surface area contributed by atoms with Gasteiger partial charge in [-0.05, 0) is 42.8 Å². The van der Waals surface area contributed by atoms with E-state index in [4.69, 9.17) is 4.74 Å². The average molecular weight is 439 g/mol. The summed E-state index contributed by atoms with van der Waals surface area (Å²) in [5, 5.41) is 16.1. The molecule has 0 aliphatic rings. The number of halogens is 1. The zero-order valence-corrected chi connectivity index (χ0v) is 17.2. The van der Waals surface area contributed by atoms with E-state index in [2.05, 4.69) is 25.6 Å². The molecule has 0 aliphatic heterocycles. The van der Waals surface area contributed by atoms with Gasteiger partial charge in [-0.1, -0.05) is 26.5 Å². The minimum Gasteiger partial charge on any atom is -0.497 e. The van der Waals surface area contributed by atoms with Gasteiger partial charge < -0.3 is 20.5 Å². The summed E-state index contributed by atoms with van der Waals surface area (Å²) in [7, 11) is 1.61. The van der Waals surface area contributed by atoms with Crippen LogP contribution in [0.15, 0.2) is 54.7 Å². The number of rotatable bonds is 8. The first-order valence-electron chi connectivity index (χ1n) is 9.91. The van der Waals surface area contributed by atoms with Crippen LogP contribution in [0.3, 0.4) is 0 Å². The third-order valence-electron chi connectivity index (χ3n) is 4.95. The quantitative estimate of drug-likeness (QED) is 0.354. The van der Waals surface area contributed by atoms with Gasteiger partial charge in [0, 0.05) is 5.69 Å². The highest BCUT2D eigenvalue weighted by Crippen LogP contribution is 2.29. The van der Waals surface area contributed by atoms with Crippen molar-refractivity contribution in [2.24, 2.45) is 0 Å². The molecule has 0 spiro atoms. The summed E-state index contributed by atoms with van der Waals surface area (Å²) in [5.41, 5.74) is 2.15. The maximum Gasteiger partial charge on any atom is 0.229 e. The molecule has 0 saturated heterocycles. The van der Waals surface area contributed by atoms with E-state index in [1.54, 1.807) is 36.1 Å². The number of aromatic nitrogens is 4. The van der Waals surface area contributed by atoms with Crippen molar-refractivity contribution in [1.29, 1.82) is 0 Å². The largest absolute Gasteiger partial charge is 0.497 e. The van der Waals surface area contributed by atoms with E-state index in [9.17, 15) is 9.50 Å². The number of para-hydroxylation sites is 1. The van der Waals surface area contributed by atoms with Crippen LogP contribution in [0.2, 0.25) is 0 Å². The van der Waals surface area contributed by atoms with E-state index >= 15 is 0 Å². The van der Waals surface area contributed by atoms with Gasteiger partial charge in [-0.15, -0.1) is 0 Å². The van der Waals surface area contributed by atoms with Crippen LogP contribution in [0.1, 0.15) is 26.8 Å². The molecule has 1 atom stereocenters. The lowest BCUT2D eigenvalue weighted by Crippen LogP contribution is -2.15. The number of aliphatic hydroxyl groups is 1. The van der Waals surface area contributed by atoms with Crippen molar-refractivity contribution in [2.45, 2.75) is 26.8 Å². The molecule has 2 aromatic carbocycles. The fourth-order valence-electron chi connectivity index (χ4n) is 3.26. The fourth-order valence-corrected chi connectivity index (χ4v) is 3.26. The molecule has 0 bridgehead atoms. The number of fused-ring (bicyclic) bond motifs is 1. The lowest BCUT2D eigenvalue weighted by Gasteiger charge is -2.18. The van der Waals surface area contributed by atoms with Crippen LogP contribution >= 0.6 is 0 Å². The van der Waals surface area contributed by atoms with Crippen LogP contribution in [-0.4, -0.2) is 38.3 Å². The molecule has 0 radical (unpaired) electrons. The normalized spacial score (nSPS) is 11.6. The molecule has 32 heavy (non-hydrogen) atoms. The molecule has 168 valence electrons. The second-order valence-electron chi connectivity index (χ2n) is 6.91. The van der Waals surface area contributed by atoms with Gasteiger partial charge in [0.25, 0.3) is 0 Å². The van der Waals surface area contributed by atoms with Crippen LogP contribution in [0, 0.1) is 5.82 Å². The van der Waals surface area contributed by atoms with Crippen molar-refractivity contribution < 1.29 is 14.2 Å². The minimum absolute atomic E-state index is 0. The molecule has 0 fully saturated rings. The van der Waals surface area contributed by atoms with Gasteiger partial charge in [-0.2, -0.15) is 4.98 Å². The number of anilines is 4. The van der Waals surface area contributed by atoms with Crippen LogP contribution in [0.5, 0.6) is 5.75 Å². The highest BCUT2D eigenvalue weighted by atomic mass is 19.1. The molecule has 4 rings (SSSR count). The Bertz CT molecular complexity index is 1180. The third-order valence-corrected chi connectivity index (χ3v) is 4.95. The third kappa shape index (κ3) is 4.62. The van der Waals surface area contributed by atoms with Crippen LogP contribution in [0.25, 0.3) is 11.2 Å². The average Bonchev–Trinajstić information content (AvgIpc) is 3.14. The summed E-state index contributed by atoms with van der Waals surface area (Å²) in [4.78, 5) is 13.5. The van der Waals surface area contributed by atoms with Crippen molar-refractivity contribution in [3.63, 3.8) is 0 Å². The Balaban J connectivity index is 0.00000289. The predicted octanol–water partition coefficient (Wildman–Crippen LogP) is 5.04. The Hall–Kier alpha value is -3.72. The van der Waals surface area contributed by atoms with Crippen molar-refractivity contribution in [3.05, 3.63) is 60.5 Å². The maximum absolute atomic E-state index is 14.2. The number of ether oxygens (including phenoxy) is 1. The van der Waals surface area contributed by atoms with Gasteiger partial charge in [0.15, 0.2) is 5.65 Å². The molecular weight excluding hydrogens is 411 g/mol. The number of benzene rings is 2. The Morgan fingerprint density at radius 1 is 1.09 bits per heavy atom. The number of nitrogens with one attached hydrogen (secondary N) is 2. The molecule has 3 N–H and O–H groups in total. The number of hydrogen-bond acceptors (Lipinski definition) is 7. The van der Waals surface area contributed by atoms with E-state index < -0.39 is 5.82 Å². The Morgan fingerprint density at radius 2 is 1.84 bits per heavy atom. The Morgan fingerprint density at radius 3 is 2.50 bits per heavy atom. The van der Waals surface area contributed by atoms with Crippen LogP contribution < -0.4 is 15.4 Å². The minimum atomic E-state index is -0.397. The molecule has 4 aromatic rings. The summed E-state index contributed by atoms with van der Waals surface area (Å²) in [6.07, 6.45) is 2.24. The zero-order valence-electron chi connectivity index (χ0n) is 17.2. The number of hydrogen-bond donors (Lipinski definition) is 3. The SMILES string of the molecule is C.CC[C@H](CO)n1c(Nc2ccccc2F)nc2cnc(Nc3ccc(OC)cc3)nc21. The highest BCUT2D eigenvalue weighted by Gasteiger charge is 2.20. The summed E-state index contributed by atoms with van der Waals surface area (Å²) >= 11 is 0. The first-order chi connectivity index (χ1) is 15.1. The summed E-state index contributed by atoms with van der Waals surface area (Å²) in [6, 6.07) is 13.4. The molecular formula is C23H27FN6O2. The number of aliphatic hydroxyl groups excluding tert-OH is 1. The second kappa shape index (κ2) is 10.1.